The lowest BCUT2D eigenvalue weighted by Gasteiger charge is -2.37. The molecule has 4 heteroatoms. The molecule has 2 heterocycles. The summed E-state index contributed by atoms with van der Waals surface area (Å²) < 4.78 is 5.07. The number of hydrogen-bond acceptors (Lipinski definition) is 3. The molecule has 0 aromatic heterocycles. The van der Waals surface area contributed by atoms with Gasteiger partial charge in [0.15, 0.2) is 5.60 Å². The monoisotopic (exact) mass is 183 g/mol. The first-order chi connectivity index (χ1) is 6.02. The third kappa shape index (κ3) is 1.12. The number of esters is 1. The maximum absolute atomic E-state index is 11.7. The molecule has 0 aromatic carbocycles. The Morgan fingerprint density at radius 1 is 1.46 bits per heavy atom. The minimum absolute atomic E-state index is 0.0606. The molecule has 4 nitrogen and oxygen atoms in total. The predicted octanol–water partition coefficient (Wildman–Crippen LogP) is 0.313. The third-order valence-corrected chi connectivity index (χ3v) is 2.66. The standard InChI is InChI=1S/C9H13NO3/c1-9(2)8(12)10-5-3-4-6(10)7(11)13-9/h6H,3-5H2,1-2H3/t6-/m1/s1. The van der Waals surface area contributed by atoms with Crippen molar-refractivity contribution in [3.63, 3.8) is 0 Å². The lowest BCUT2D eigenvalue weighted by Crippen LogP contribution is -2.58. The van der Waals surface area contributed by atoms with E-state index in [1.54, 1.807) is 18.7 Å². The van der Waals surface area contributed by atoms with E-state index in [1.807, 2.05) is 0 Å². The molecule has 1 atom stereocenters. The molecule has 72 valence electrons. The van der Waals surface area contributed by atoms with Crippen molar-refractivity contribution in [1.29, 1.82) is 0 Å². The summed E-state index contributed by atoms with van der Waals surface area (Å²) in [6, 6.07) is -0.305. The zero-order valence-electron chi connectivity index (χ0n) is 7.87. The van der Waals surface area contributed by atoms with E-state index in [2.05, 4.69) is 0 Å². The van der Waals surface area contributed by atoms with Crippen LogP contribution in [0.4, 0.5) is 0 Å². The Morgan fingerprint density at radius 3 is 2.85 bits per heavy atom. The first-order valence-corrected chi connectivity index (χ1v) is 4.56. The molecule has 0 aromatic rings. The molecular formula is C9H13NO3. The molecule has 0 saturated carbocycles. The highest BCUT2D eigenvalue weighted by molar-refractivity contribution is 5.95. The Hall–Kier alpha value is -1.06. The summed E-state index contributed by atoms with van der Waals surface area (Å²) in [5.74, 6) is -0.309. The lowest BCUT2D eigenvalue weighted by atomic mass is 10.0. The van der Waals surface area contributed by atoms with E-state index in [9.17, 15) is 9.59 Å². The molecule has 13 heavy (non-hydrogen) atoms. The van der Waals surface area contributed by atoms with Gasteiger partial charge in [-0.2, -0.15) is 0 Å². The van der Waals surface area contributed by atoms with Crippen molar-refractivity contribution in [2.24, 2.45) is 0 Å². The Bertz CT molecular complexity index is 272. The predicted molar refractivity (Wildman–Crippen MR) is 44.9 cm³/mol. The van der Waals surface area contributed by atoms with Gasteiger partial charge < -0.3 is 9.64 Å². The van der Waals surface area contributed by atoms with Crippen LogP contribution in [-0.4, -0.2) is 35.0 Å². The largest absolute Gasteiger partial charge is 0.448 e. The fourth-order valence-electron chi connectivity index (χ4n) is 1.96. The summed E-state index contributed by atoms with van der Waals surface area (Å²) in [5.41, 5.74) is -0.960. The van der Waals surface area contributed by atoms with Gasteiger partial charge in [0.05, 0.1) is 0 Å². The van der Waals surface area contributed by atoms with E-state index in [0.29, 0.717) is 6.54 Å². The first kappa shape index (κ1) is 8.53. The zero-order chi connectivity index (χ0) is 9.64. The van der Waals surface area contributed by atoms with Crippen LogP contribution in [0.3, 0.4) is 0 Å². The van der Waals surface area contributed by atoms with Crippen LogP contribution in [0.25, 0.3) is 0 Å². The molecule has 2 aliphatic heterocycles. The van der Waals surface area contributed by atoms with Gasteiger partial charge in [-0.15, -0.1) is 0 Å². The van der Waals surface area contributed by atoms with Crippen molar-refractivity contribution in [1.82, 2.24) is 4.90 Å². The molecule has 2 saturated heterocycles. The Balaban J connectivity index is 2.30. The molecule has 0 bridgehead atoms. The van der Waals surface area contributed by atoms with Gasteiger partial charge in [-0.25, -0.2) is 4.79 Å². The van der Waals surface area contributed by atoms with Gasteiger partial charge >= 0.3 is 5.97 Å². The normalized spacial score (nSPS) is 31.5. The second-order valence-corrected chi connectivity index (χ2v) is 4.09. The average Bonchev–Trinajstić information content (AvgIpc) is 2.47. The highest BCUT2D eigenvalue weighted by atomic mass is 16.6. The van der Waals surface area contributed by atoms with E-state index in [0.717, 1.165) is 12.8 Å². The van der Waals surface area contributed by atoms with Gasteiger partial charge in [0.2, 0.25) is 0 Å². The summed E-state index contributed by atoms with van der Waals surface area (Å²) >= 11 is 0. The minimum Gasteiger partial charge on any atom is -0.448 e. The van der Waals surface area contributed by atoms with Crippen LogP contribution in [0.2, 0.25) is 0 Å². The quantitative estimate of drug-likeness (QED) is 0.508. The highest BCUT2D eigenvalue weighted by Gasteiger charge is 2.49. The van der Waals surface area contributed by atoms with Crippen LogP contribution in [-0.2, 0) is 14.3 Å². The summed E-state index contributed by atoms with van der Waals surface area (Å²) in [6.45, 7) is 3.98. The topological polar surface area (TPSA) is 46.6 Å². The van der Waals surface area contributed by atoms with Crippen molar-refractivity contribution in [2.45, 2.75) is 38.3 Å². The second kappa shape index (κ2) is 2.47. The van der Waals surface area contributed by atoms with Crippen LogP contribution in [0.15, 0.2) is 0 Å². The van der Waals surface area contributed by atoms with E-state index < -0.39 is 5.60 Å². The Morgan fingerprint density at radius 2 is 2.15 bits per heavy atom. The van der Waals surface area contributed by atoms with Crippen molar-refractivity contribution in [2.75, 3.05) is 6.54 Å². The van der Waals surface area contributed by atoms with E-state index in [1.165, 1.54) is 0 Å². The zero-order valence-corrected chi connectivity index (χ0v) is 7.87. The van der Waals surface area contributed by atoms with E-state index in [-0.39, 0.29) is 17.9 Å². The number of fused-ring (bicyclic) bond motifs is 1. The lowest BCUT2D eigenvalue weighted by molar-refractivity contribution is -0.186. The number of ether oxygens (including phenoxy) is 1. The second-order valence-electron chi connectivity index (χ2n) is 4.09. The molecule has 0 unspecified atom stereocenters. The van der Waals surface area contributed by atoms with E-state index in [4.69, 9.17) is 4.74 Å². The molecule has 0 radical (unpaired) electrons. The highest BCUT2D eigenvalue weighted by Crippen LogP contribution is 2.29. The van der Waals surface area contributed by atoms with Crippen LogP contribution in [0, 0.1) is 0 Å². The molecule has 2 aliphatic rings. The minimum atomic E-state index is -0.960. The number of hydrogen-bond donors (Lipinski definition) is 0. The number of amides is 1. The number of carbonyl (C=O) groups excluding carboxylic acids is 2. The number of cyclic esters (lactones) is 1. The van der Waals surface area contributed by atoms with Gasteiger partial charge in [0.1, 0.15) is 6.04 Å². The Labute approximate surface area is 76.8 Å². The summed E-state index contributed by atoms with van der Waals surface area (Å²) in [5, 5.41) is 0. The van der Waals surface area contributed by atoms with Crippen LogP contribution < -0.4 is 0 Å². The molecule has 2 fully saturated rings. The maximum Gasteiger partial charge on any atom is 0.329 e. The molecule has 0 spiro atoms. The SMILES string of the molecule is CC1(C)OC(=O)[C@H]2CCCN2C1=O. The first-order valence-electron chi connectivity index (χ1n) is 4.56. The summed E-state index contributed by atoms with van der Waals surface area (Å²) in [4.78, 5) is 24.8. The van der Waals surface area contributed by atoms with E-state index >= 15 is 0 Å². The smallest absolute Gasteiger partial charge is 0.329 e. The van der Waals surface area contributed by atoms with Crippen LogP contribution in [0.1, 0.15) is 26.7 Å². The summed E-state index contributed by atoms with van der Waals surface area (Å²) in [7, 11) is 0. The van der Waals surface area contributed by atoms with Gasteiger partial charge in [0.25, 0.3) is 5.91 Å². The van der Waals surface area contributed by atoms with Gasteiger partial charge in [-0.1, -0.05) is 0 Å². The number of carbonyl (C=O) groups is 2. The number of nitrogens with zero attached hydrogens (tertiary/aromatic N) is 1. The van der Waals surface area contributed by atoms with Crippen LogP contribution in [0.5, 0.6) is 0 Å². The van der Waals surface area contributed by atoms with Gasteiger partial charge in [0, 0.05) is 6.54 Å². The summed E-state index contributed by atoms with van der Waals surface area (Å²) in [6.07, 6.45) is 1.66. The molecular weight excluding hydrogens is 170 g/mol. The Kier molecular flexibility index (Phi) is 1.62. The molecule has 1 amide bonds. The van der Waals surface area contributed by atoms with Gasteiger partial charge in [-0.05, 0) is 26.7 Å². The molecule has 0 N–H and O–H groups in total. The average molecular weight is 183 g/mol. The number of morpholine rings is 1. The maximum atomic E-state index is 11.7. The van der Waals surface area contributed by atoms with Crippen molar-refractivity contribution in [3.8, 4) is 0 Å². The number of rotatable bonds is 0. The fourth-order valence-corrected chi connectivity index (χ4v) is 1.96. The van der Waals surface area contributed by atoms with Crippen molar-refractivity contribution < 1.29 is 14.3 Å². The van der Waals surface area contributed by atoms with Gasteiger partial charge in [-0.3, -0.25) is 4.79 Å². The van der Waals surface area contributed by atoms with Crippen molar-refractivity contribution >= 4 is 11.9 Å². The molecule has 0 aliphatic carbocycles. The van der Waals surface area contributed by atoms with Crippen LogP contribution >= 0.6 is 0 Å². The van der Waals surface area contributed by atoms with Crippen molar-refractivity contribution in [3.05, 3.63) is 0 Å². The third-order valence-electron chi connectivity index (χ3n) is 2.66. The fraction of sp³-hybridized carbons (Fsp3) is 0.778. The molecule has 2 rings (SSSR count).